The number of hydrogen-bond donors (Lipinski definition) is 2. The van der Waals surface area contributed by atoms with E-state index in [1.807, 2.05) is 26.0 Å². The molecule has 3 heterocycles. The monoisotopic (exact) mass is 745 g/mol. The van der Waals surface area contributed by atoms with Crippen molar-refractivity contribution >= 4 is 67.9 Å². The summed E-state index contributed by atoms with van der Waals surface area (Å²) in [6.07, 6.45) is -4.84. The Morgan fingerprint density at radius 2 is 1.58 bits per heavy atom. The topological polar surface area (TPSA) is 152 Å². The Morgan fingerprint density at radius 1 is 0.940 bits per heavy atom. The normalized spacial score (nSPS) is 18.9. The van der Waals surface area contributed by atoms with Crippen molar-refractivity contribution in [1.82, 2.24) is 4.57 Å². The maximum Gasteiger partial charge on any atom is 0.418 e. The fourth-order valence-corrected chi connectivity index (χ4v) is 9.60. The third-order valence-corrected chi connectivity index (χ3v) is 12.2. The van der Waals surface area contributed by atoms with Gasteiger partial charge in [0.15, 0.2) is 0 Å². The van der Waals surface area contributed by atoms with Crippen LogP contribution in [0, 0.1) is 5.92 Å². The molecule has 2 aliphatic rings. The fourth-order valence-electron chi connectivity index (χ4n) is 6.31. The molecule has 262 valence electrons. The second-order valence-electron chi connectivity index (χ2n) is 11.6. The lowest BCUT2D eigenvalue weighted by molar-refractivity contribution is -0.137. The van der Waals surface area contributed by atoms with Crippen molar-refractivity contribution in [3.05, 3.63) is 98.5 Å². The molecule has 2 aliphatic heterocycles. The number of carbonyl (C=O) groups is 3. The first-order valence-corrected chi connectivity index (χ1v) is 18.6. The van der Waals surface area contributed by atoms with Gasteiger partial charge in [0, 0.05) is 35.3 Å². The predicted molar refractivity (Wildman–Crippen MR) is 184 cm³/mol. The van der Waals surface area contributed by atoms with Crippen LogP contribution in [0.2, 0.25) is 0 Å². The number of primary sulfonamides is 1. The van der Waals surface area contributed by atoms with Gasteiger partial charge < -0.3 is 10.2 Å². The van der Waals surface area contributed by atoms with Gasteiger partial charge in [-0.15, -0.1) is 0 Å². The number of nitrogens with two attached hydrogens (primary N) is 1. The number of carbonyl (C=O) groups excluding carboxylic acids is 3. The van der Waals surface area contributed by atoms with E-state index in [0.717, 1.165) is 54.0 Å². The van der Waals surface area contributed by atoms with Crippen LogP contribution in [-0.4, -0.2) is 49.0 Å². The van der Waals surface area contributed by atoms with E-state index in [1.54, 1.807) is 12.1 Å². The molecule has 6 rings (SSSR count). The van der Waals surface area contributed by atoms with E-state index >= 15 is 0 Å². The molecule has 4 aromatic rings. The number of amides is 3. The SMILES string of the molecule is CCN(CC)c1ccc([C@@H]2c3sc(=O)n(CC(=O)Nc4ccc(S(N)(=O)=O)cc4)c3S[C@H]3C(=O)N(c4ccccc4C(F)(F)F)C(=O)[C@@H]23)cc1. The zero-order valence-electron chi connectivity index (χ0n) is 26.5. The number of rotatable bonds is 9. The van der Waals surface area contributed by atoms with Crippen molar-refractivity contribution in [2.24, 2.45) is 11.1 Å². The van der Waals surface area contributed by atoms with Crippen molar-refractivity contribution < 1.29 is 36.0 Å². The number of thiazole rings is 1. The van der Waals surface area contributed by atoms with Gasteiger partial charge in [-0.25, -0.2) is 18.5 Å². The maximum absolute atomic E-state index is 14.2. The Balaban J connectivity index is 1.41. The number of sulfonamides is 1. The molecular formula is C33H30F3N5O6S3. The average molecular weight is 746 g/mol. The molecule has 1 aromatic heterocycles. The van der Waals surface area contributed by atoms with Gasteiger partial charge >= 0.3 is 11.0 Å². The number of fused-ring (bicyclic) bond motifs is 2. The van der Waals surface area contributed by atoms with Crippen molar-refractivity contribution in [1.29, 1.82) is 0 Å². The summed E-state index contributed by atoms with van der Waals surface area (Å²) in [4.78, 5) is 57.2. The third kappa shape index (κ3) is 6.45. The van der Waals surface area contributed by atoms with Gasteiger partial charge in [0.1, 0.15) is 11.8 Å². The highest BCUT2D eigenvalue weighted by Gasteiger charge is 2.57. The summed E-state index contributed by atoms with van der Waals surface area (Å²) in [5.41, 5.74) is 0.00115. The highest BCUT2D eigenvalue weighted by molar-refractivity contribution is 8.00. The number of anilines is 3. The van der Waals surface area contributed by atoms with Gasteiger partial charge in [0.05, 0.1) is 27.1 Å². The van der Waals surface area contributed by atoms with Crippen LogP contribution in [0.1, 0.15) is 35.8 Å². The zero-order chi connectivity index (χ0) is 36.1. The van der Waals surface area contributed by atoms with Crippen molar-refractivity contribution in [2.45, 2.75) is 47.7 Å². The first-order chi connectivity index (χ1) is 23.6. The first-order valence-electron chi connectivity index (χ1n) is 15.4. The second-order valence-corrected chi connectivity index (χ2v) is 15.3. The summed E-state index contributed by atoms with van der Waals surface area (Å²) in [6, 6.07) is 16.7. The molecule has 0 aliphatic carbocycles. The highest BCUT2D eigenvalue weighted by atomic mass is 32.2. The number of nitrogens with one attached hydrogen (secondary N) is 1. The Labute approximate surface area is 292 Å². The van der Waals surface area contributed by atoms with Crippen LogP contribution >= 0.6 is 23.1 Å². The minimum Gasteiger partial charge on any atom is -0.372 e. The predicted octanol–water partition coefficient (Wildman–Crippen LogP) is 4.86. The average Bonchev–Trinajstić information content (AvgIpc) is 3.51. The molecule has 3 N–H and O–H groups in total. The lowest BCUT2D eigenvalue weighted by Crippen LogP contribution is -2.33. The largest absolute Gasteiger partial charge is 0.418 e. The fraction of sp³-hybridized carbons (Fsp3) is 0.273. The summed E-state index contributed by atoms with van der Waals surface area (Å²) in [6.45, 7) is 4.96. The van der Waals surface area contributed by atoms with Crippen molar-refractivity contribution in [3.63, 3.8) is 0 Å². The van der Waals surface area contributed by atoms with Gasteiger partial charge in [-0.2, -0.15) is 13.2 Å². The highest BCUT2D eigenvalue weighted by Crippen LogP contribution is 2.54. The van der Waals surface area contributed by atoms with Gasteiger partial charge in [-0.1, -0.05) is 47.4 Å². The molecule has 17 heteroatoms. The minimum absolute atomic E-state index is 0.163. The molecule has 0 bridgehead atoms. The van der Waals surface area contributed by atoms with Crippen LogP contribution in [0.3, 0.4) is 0 Å². The Hall–Kier alpha value is -4.45. The summed E-state index contributed by atoms with van der Waals surface area (Å²) in [7, 11) is -3.96. The number of thioether (sulfide) groups is 1. The first kappa shape index (κ1) is 35.4. The van der Waals surface area contributed by atoms with Gasteiger partial charge in [-0.3, -0.25) is 23.7 Å². The summed E-state index contributed by atoms with van der Waals surface area (Å²) in [5.74, 6) is -4.34. The number of hydrogen-bond acceptors (Lipinski definition) is 9. The molecule has 1 saturated heterocycles. The second kappa shape index (κ2) is 13.4. The molecule has 0 radical (unpaired) electrons. The smallest absolute Gasteiger partial charge is 0.372 e. The Kier molecular flexibility index (Phi) is 9.45. The van der Waals surface area contributed by atoms with E-state index in [2.05, 4.69) is 10.2 Å². The minimum atomic E-state index is -4.84. The van der Waals surface area contributed by atoms with E-state index in [0.29, 0.717) is 15.3 Å². The molecule has 11 nitrogen and oxygen atoms in total. The van der Waals surface area contributed by atoms with Crippen LogP contribution in [0.25, 0.3) is 0 Å². The van der Waals surface area contributed by atoms with E-state index in [1.165, 1.54) is 41.0 Å². The molecule has 0 unspecified atom stereocenters. The lowest BCUT2D eigenvalue weighted by atomic mass is 9.83. The molecule has 0 spiro atoms. The quantitative estimate of drug-likeness (QED) is 0.231. The zero-order valence-corrected chi connectivity index (χ0v) is 29.0. The van der Waals surface area contributed by atoms with Crippen LogP contribution in [0.15, 0.2) is 87.5 Å². The van der Waals surface area contributed by atoms with Crippen LogP contribution in [0.5, 0.6) is 0 Å². The van der Waals surface area contributed by atoms with E-state index in [9.17, 15) is 40.8 Å². The molecule has 1 fully saturated rings. The number of alkyl halides is 3. The van der Waals surface area contributed by atoms with E-state index in [-0.39, 0.29) is 15.6 Å². The van der Waals surface area contributed by atoms with Crippen LogP contribution in [0.4, 0.5) is 30.2 Å². The summed E-state index contributed by atoms with van der Waals surface area (Å²) < 4.78 is 66.6. The van der Waals surface area contributed by atoms with Crippen LogP contribution in [-0.2, 0) is 37.1 Å². The summed E-state index contributed by atoms with van der Waals surface area (Å²) in [5, 5.41) is 6.79. The molecule has 3 amide bonds. The van der Waals surface area contributed by atoms with Gasteiger partial charge in [-0.05, 0) is 67.9 Å². The number of imide groups is 1. The maximum atomic E-state index is 14.2. The molecular weight excluding hydrogens is 716 g/mol. The third-order valence-electron chi connectivity index (χ3n) is 8.65. The Morgan fingerprint density at radius 3 is 2.18 bits per heavy atom. The molecule has 3 aromatic carbocycles. The number of aromatic nitrogens is 1. The number of nitrogens with zero attached hydrogens (tertiary/aromatic N) is 3. The van der Waals surface area contributed by atoms with Crippen molar-refractivity contribution in [2.75, 3.05) is 28.2 Å². The standard InChI is InChI=1S/C33H30F3N5O6S3/c1-3-39(4-2)20-13-9-18(10-14-20)25-26-27(30(44)41(29(26)43)23-8-6-5-7-22(23)33(34,35)36)48-31-28(25)49-32(45)40(31)17-24(42)38-19-11-15-21(16-12-19)50(37,46)47/h5-16,25-27H,3-4,17H2,1-2H3,(H,38,42)(H2,37,46,47)/t25-,26-,27+/m0/s1. The molecule has 50 heavy (non-hydrogen) atoms. The summed E-state index contributed by atoms with van der Waals surface area (Å²) >= 11 is 1.68. The van der Waals surface area contributed by atoms with Gasteiger partial charge in [0.25, 0.3) is 0 Å². The Bertz CT molecular complexity index is 2150. The van der Waals surface area contributed by atoms with Gasteiger partial charge in [0.2, 0.25) is 27.7 Å². The van der Waals surface area contributed by atoms with E-state index < -0.39 is 73.7 Å². The number of halogens is 3. The number of para-hydroxylation sites is 1. The lowest BCUT2D eigenvalue weighted by Gasteiger charge is -2.31. The molecule has 3 atom stereocenters. The van der Waals surface area contributed by atoms with E-state index in [4.69, 9.17) is 5.14 Å². The number of benzene rings is 3. The molecule has 0 saturated carbocycles. The van der Waals surface area contributed by atoms with Crippen LogP contribution < -0.4 is 25.1 Å². The van der Waals surface area contributed by atoms with Crippen molar-refractivity contribution in [3.8, 4) is 0 Å².